The average molecular weight is 173 g/mol. The molecule has 0 aromatic heterocycles. The van der Waals surface area contributed by atoms with Gasteiger partial charge in [0.1, 0.15) is 0 Å². The maximum Gasteiger partial charge on any atom is -0.0155 e. The van der Waals surface area contributed by atoms with E-state index in [0.717, 1.165) is 0 Å². The van der Waals surface area contributed by atoms with Crippen LogP contribution in [0.3, 0.4) is 0 Å². The fraction of sp³-hybridized carbons (Fsp3) is 0.167. The summed E-state index contributed by atoms with van der Waals surface area (Å²) < 4.78 is 0. The average Bonchev–Trinajstić information content (AvgIpc) is 2.04. The summed E-state index contributed by atoms with van der Waals surface area (Å²) in [5, 5.41) is 2.71. The van der Waals surface area contributed by atoms with Crippen molar-refractivity contribution >= 4 is 10.8 Å². The summed E-state index contributed by atoms with van der Waals surface area (Å²) in [7, 11) is 0. The molecule has 13 heavy (non-hydrogen) atoms. The number of benzene rings is 2. The summed E-state index contributed by atoms with van der Waals surface area (Å²) in [6, 6.07) is 13.0. The molecule has 0 amide bonds. The molecule has 0 saturated carbocycles. The molecule has 3 N–H and O–H groups in total. The predicted octanol–water partition coefficient (Wildman–Crippen LogP) is 3.62. The molecular weight excluding hydrogens is 158 g/mol. The summed E-state index contributed by atoms with van der Waals surface area (Å²) in [5.74, 6) is 0. The van der Waals surface area contributed by atoms with Crippen LogP contribution in [0.5, 0.6) is 0 Å². The Morgan fingerprint density at radius 1 is 0.923 bits per heavy atom. The van der Waals surface area contributed by atoms with Crippen molar-refractivity contribution in [2.24, 2.45) is 0 Å². The lowest BCUT2D eigenvalue weighted by Crippen LogP contribution is -1.78. The van der Waals surface area contributed by atoms with Crippen LogP contribution in [0.2, 0.25) is 0 Å². The molecule has 0 saturated heterocycles. The first-order valence-electron chi connectivity index (χ1n) is 4.23. The van der Waals surface area contributed by atoms with Gasteiger partial charge in [0.15, 0.2) is 0 Å². The second kappa shape index (κ2) is 3.58. The zero-order valence-corrected chi connectivity index (χ0v) is 8.17. The molecule has 0 aliphatic carbocycles. The number of hydrogen-bond donors (Lipinski definition) is 1. The highest BCUT2D eigenvalue weighted by Crippen LogP contribution is 2.18. The Labute approximate surface area is 79.0 Å². The van der Waals surface area contributed by atoms with E-state index in [2.05, 4.69) is 50.2 Å². The molecule has 0 radical (unpaired) electrons. The Balaban J connectivity index is 0.000000845. The first-order valence-corrected chi connectivity index (χ1v) is 4.23. The quantitative estimate of drug-likeness (QED) is 0.648. The van der Waals surface area contributed by atoms with Gasteiger partial charge in [-0.1, -0.05) is 42.0 Å². The second-order valence-electron chi connectivity index (χ2n) is 3.30. The van der Waals surface area contributed by atoms with Crippen molar-refractivity contribution in [1.82, 2.24) is 6.15 Å². The van der Waals surface area contributed by atoms with Crippen LogP contribution in [0.15, 0.2) is 36.4 Å². The Morgan fingerprint density at radius 2 is 1.69 bits per heavy atom. The molecule has 2 rings (SSSR count). The van der Waals surface area contributed by atoms with Gasteiger partial charge in [-0.3, -0.25) is 0 Å². The molecule has 1 nitrogen and oxygen atoms in total. The zero-order valence-electron chi connectivity index (χ0n) is 8.17. The minimum atomic E-state index is 0. The van der Waals surface area contributed by atoms with Gasteiger partial charge in [-0.05, 0) is 30.2 Å². The molecule has 2 aromatic rings. The fourth-order valence-corrected chi connectivity index (χ4v) is 1.57. The van der Waals surface area contributed by atoms with Gasteiger partial charge in [0.05, 0.1) is 0 Å². The van der Waals surface area contributed by atoms with Gasteiger partial charge in [0.25, 0.3) is 0 Å². The van der Waals surface area contributed by atoms with E-state index in [1.54, 1.807) is 0 Å². The SMILES string of the molecule is Cc1ccc2c(C)cccc2c1.N. The van der Waals surface area contributed by atoms with Crippen molar-refractivity contribution < 1.29 is 0 Å². The predicted molar refractivity (Wildman–Crippen MR) is 58.4 cm³/mol. The summed E-state index contributed by atoms with van der Waals surface area (Å²) in [5.41, 5.74) is 2.68. The zero-order chi connectivity index (χ0) is 8.55. The minimum absolute atomic E-state index is 0. The summed E-state index contributed by atoms with van der Waals surface area (Å²) in [6.45, 7) is 4.28. The van der Waals surface area contributed by atoms with Crippen LogP contribution in [-0.4, -0.2) is 0 Å². The highest BCUT2D eigenvalue weighted by molar-refractivity contribution is 5.85. The Kier molecular flexibility index (Phi) is 2.69. The monoisotopic (exact) mass is 173 g/mol. The normalized spacial score (nSPS) is 9.69. The van der Waals surface area contributed by atoms with Gasteiger partial charge in [-0.25, -0.2) is 0 Å². The molecule has 0 unspecified atom stereocenters. The van der Waals surface area contributed by atoms with Gasteiger partial charge in [0.2, 0.25) is 0 Å². The maximum atomic E-state index is 2.22. The number of rotatable bonds is 0. The summed E-state index contributed by atoms with van der Waals surface area (Å²) in [6.07, 6.45) is 0. The van der Waals surface area contributed by atoms with Crippen LogP contribution in [0.1, 0.15) is 11.1 Å². The fourth-order valence-electron chi connectivity index (χ4n) is 1.57. The third-order valence-corrected chi connectivity index (χ3v) is 2.25. The standard InChI is InChI=1S/C12H12.H3N/c1-9-6-7-12-10(2)4-3-5-11(12)8-9;/h3-8H,1-2H3;1H3. The van der Waals surface area contributed by atoms with Crippen LogP contribution in [0.4, 0.5) is 0 Å². The topological polar surface area (TPSA) is 35.0 Å². The molecular formula is C12H15N. The van der Waals surface area contributed by atoms with E-state index >= 15 is 0 Å². The van der Waals surface area contributed by atoms with Crippen LogP contribution >= 0.6 is 0 Å². The molecule has 2 aromatic carbocycles. The molecule has 68 valence electrons. The van der Waals surface area contributed by atoms with E-state index in [9.17, 15) is 0 Å². The van der Waals surface area contributed by atoms with Gasteiger partial charge >= 0.3 is 0 Å². The van der Waals surface area contributed by atoms with Crippen molar-refractivity contribution in [3.63, 3.8) is 0 Å². The molecule has 0 heterocycles. The third kappa shape index (κ3) is 1.70. The minimum Gasteiger partial charge on any atom is -0.344 e. The number of hydrogen-bond acceptors (Lipinski definition) is 1. The highest BCUT2D eigenvalue weighted by atomic mass is 14.0. The van der Waals surface area contributed by atoms with E-state index in [1.165, 1.54) is 21.9 Å². The van der Waals surface area contributed by atoms with E-state index in [-0.39, 0.29) is 6.15 Å². The Hall–Kier alpha value is -1.34. The van der Waals surface area contributed by atoms with Gasteiger partial charge < -0.3 is 6.15 Å². The summed E-state index contributed by atoms with van der Waals surface area (Å²) in [4.78, 5) is 0. The molecule has 0 spiro atoms. The smallest absolute Gasteiger partial charge is 0.0155 e. The van der Waals surface area contributed by atoms with Crippen molar-refractivity contribution in [1.29, 1.82) is 0 Å². The Morgan fingerprint density at radius 3 is 2.46 bits per heavy atom. The first kappa shape index (κ1) is 9.75. The molecule has 0 fully saturated rings. The van der Waals surface area contributed by atoms with E-state index in [1.807, 2.05) is 0 Å². The largest absolute Gasteiger partial charge is 0.344 e. The van der Waals surface area contributed by atoms with Crippen LogP contribution < -0.4 is 6.15 Å². The highest BCUT2D eigenvalue weighted by Gasteiger charge is 1.94. The Bertz CT molecular complexity index is 418. The summed E-state index contributed by atoms with van der Waals surface area (Å²) >= 11 is 0. The lowest BCUT2D eigenvalue weighted by atomic mass is 10.0. The molecule has 0 aliphatic heterocycles. The van der Waals surface area contributed by atoms with Crippen LogP contribution in [0.25, 0.3) is 10.8 Å². The van der Waals surface area contributed by atoms with Gasteiger partial charge in [-0.15, -0.1) is 0 Å². The van der Waals surface area contributed by atoms with Crippen LogP contribution in [0, 0.1) is 13.8 Å². The third-order valence-electron chi connectivity index (χ3n) is 2.25. The first-order chi connectivity index (χ1) is 5.77. The van der Waals surface area contributed by atoms with Gasteiger partial charge in [0, 0.05) is 0 Å². The van der Waals surface area contributed by atoms with E-state index in [0.29, 0.717) is 0 Å². The molecule has 0 atom stereocenters. The van der Waals surface area contributed by atoms with Crippen LogP contribution in [-0.2, 0) is 0 Å². The number of fused-ring (bicyclic) bond motifs is 1. The van der Waals surface area contributed by atoms with Crippen molar-refractivity contribution in [2.75, 3.05) is 0 Å². The van der Waals surface area contributed by atoms with Crippen molar-refractivity contribution in [2.45, 2.75) is 13.8 Å². The number of aryl methyl sites for hydroxylation is 2. The lowest BCUT2D eigenvalue weighted by Gasteiger charge is -2.01. The molecule has 1 heteroatoms. The second-order valence-corrected chi connectivity index (χ2v) is 3.30. The van der Waals surface area contributed by atoms with E-state index in [4.69, 9.17) is 0 Å². The van der Waals surface area contributed by atoms with E-state index < -0.39 is 0 Å². The lowest BCUT2D eigenvalue weighted by molar-refractivity contribution is 1.48. The molecule has 0 bridgehead atoms. The van der Waals surface area contributed by atoms with Crippen molar-refractivity contribution in [3.8, 4) is 0 Å². The van der Waals surface area contributed by atoms with Gasteiger partial charge in [-0.2, -0.15) is 0 Å². The van der Waals surface area contributed by atoms with Crippen molar-refractivity contribution in [3.05, 3.63) is 47.5 Å². The maximum absolute atomic E-state index is 2.22. The molecule has 0 aliphatic rings.